The van der Waals surface area contributed by atoms with Crippen LogP contribution in [0.25, 0.3) is 0 Å². The number of benzene rings is 1. The number of carbonyl (C=O) groups is 1. The topological polar surface area (TPSA) is 63.2 Å². The van der Waals surface area contributed by atoms with Crippen LogP contribution in [0.2, 0.25) is 0 Å². The molecule has 0 bridgehead atoms. The Morgan fingerprint density at radius 2 is 1.44 bits per heavy atom. The maximum atomic E-state index is 12.9. The van der Waals surface area contributed by atoms with Crippen LogP contribution in [-0.2, 0) is 35.4 Å². The van der Waals surface area contributed by atoms with Crippen LogP contribution in [0.4, 0.5) is 0 Å². The average molecular weight is 473 g/mol. The van der Waals surface area contributed by atoms with Gasteiger partial charge in [0, 0.05) is 0 Å². The summed E-state index contributed by atoms with van der Waals surface area (Å²) in [5.41, 5.74) is 2.26. The second-order valence-electron chi connectivity index (χ2n) is 11.1. The summed E-state index contributed by atoms with van der Waals surface area (Å²) >= 11 is 0. The Labute approximate surface area is 203 Å². The van der Waals surface area contributed by atoms with Crippen molar-refractivity contribution in [1.82, 2.24) is 0 Å². The Morgan fingerprint density at radius 1 is 0.853 bits per heavy atom. The summed E-state index contributed by atoms with van der Waals surface area (Å²) in [6.45, 7) is 5.54. The molecule has 2 aliphatic carbocycles. The number of aryl methyl sites for hydroxylation is 1. The molecular weight excluding hydrogens is 432 g/mol. The second kappa shape index (κ2) is 11.1. The van der Waals surface area contributed by atoms with Crippen molar-refractivity contribution >= 4 is 5.97 Å². The number of carbonyl (C=O) groups excluding carboxylic acids is 1. The largest absolute Gasteiger partial charge is 0.457 e. The number of hydrogen-bond acceptors (Lipinski definition) is 6. The minimum Gasteiger partial charge on any atom is -0.457 e. The summed E-state index contributed by atoms with van der Waals surface area (Å²) < 4.78 is 17.7. The Balaban J connectivity index is 1.03. The predicted molar refractivity (Wildman–Crippen MR) is 127 cm³/mol. The molecule has 0 amide bonds. The van der Waals surface area contributed by atoms with Gasteiger partial charge < -0.3 is 14.2 Å². The van der Waals surface area contributed by atoms with Gasteiger partial charge in [-0.15, -0.1) is 0 Å². The van der Waals surface area contributed by atoms with Crippen LogP contribution in [0.15, 0.2) is 24.3 Å². The zero-order valence-electron chi connectivity index (χ0n) is 20.7. The van der Waals surface area contributed by atoms with Gasteiger partial charge in [-0.1, -0.05) is 49.6 Å². The molecule has 6 nitrogen and oxygen atoms in total. The van der Waals surface area contributed by atoms with Crippen LogP contribution in [-0.4, -0.2) is 43.6 Å². The molecule has 0 radical (unpaired) electrons. The fourth-order valence-electron chi connectivity index (χ4n) is 6.32. The third-order valence-electron chi connectivity index (χ3n) is 8.60. The van der Waals surface area contributed by atoms with Crippen molar-refractivity contribution in [2.45, 2.75) is 96.2 Å². The minimum absolute atomic E-state index is 0.0177. The second-order valence-corrected chi connectivity index (χ2v) is 11.1. The lowest BCUT2D eigenvalue weighted by atomic mass is 9.69. The third kappa shape index (κ3) is 5.67. The molecule has 2 aliphatic heterocycles. The number of hydrogen-bond donors (Lipinski definition) is 0. The van der Waals surface area contributed by atoms with Crippen molar-refractivity contribution < 1.29 is 28.8 Å². The van der Waals surface area contributed by atoms with Gasteiger partial charge in [0.2, 0.25) is 0 Å². The summed E-state index contributed by atoms with van der Waals surface area (Å²) in [4.78, 5) is 24.0. The van der Waals surface area contributed by atoms with Gasteiger partial charge in [-0.3, -0.25) is 4.79 Å². The molecule has 5 rings (SSSR count). The molecule has 34 heavy (non-hydrogen) atoms. The Morgan fingerprint density at radius 3 is 2.12 bits per heavy atom. The fourth-order valence-corrected chi connectivity index (χ4v) is 6.32. The average Bonchev–Trinajstić information content (AvgIpc) is 3.44. The van der Waals surface area contributed by atoms with Gasteiger partial charge >= 0.3 is 5.97 Å². The molecule has 4 atom stereocenters. The molecule has 6 heteroatoms. The highest BCUT2D eigenvalue weighted by atomic mass is 17.2. The third-order valence-corrected chi connectivity index (χ3v) is 8.60. The zero-order chi connectivity index (χ0) is 23.5. The molecule has 1 aromatic carbocycles. The van der Waals surface area contributed by atoms with Crippen molar-refractivity contribution in [3.8, 4) is 0 Å². The van der Waals surface area contributed by atoms with E-state index < -0.39 is 0 Å². The van der Waals surface area contributed by atoms with Gasteiger partial charge in [0.1, 0.15) is 24.9 Å². The molecular formula is C28H40O6. The summed E-state index contributed by atoms with van der Waals surface area (Å²) in [5, 5.41) is 0. The first-order chi connectivity index (χ1) is 16.6. The van der Waals surface area contributed by atoms with Crippen molar-refractivity contribution in [1.29, 1.82) is 0 Å². The van der Waals surface area contributed by atoms with Crippen LogP contribution in [0, 0.1) is 30.6 Å². The van der Waals surface area contributed by atoms with E-state index in [1.165, 1.54) is 31.2 Å². The van der Waals surface area contributed by atoms with Crippen molar-refractivity contribution in [3.63, 3.8) is 0 Å². The highest BCUT2D eigenvalue weighted by Gasteiger charge is 2.51. The van der Waals surface area contributed by atoms with Crippen LogP contribution in [0.3, 0.4) is 0 Å². The molecule has 0 N–H and O–H groups in total. The summed E-state index contributed by atoms with van der Waals surface area (Å²) in [5.74, 6) is 2.50. The molecule has 1 aromatic rings. The van der Waals surface area contributed by atoms with Gasteiger partial charge in [0.25, 0.3) is 0 Å². The first-order valence-electron chi connectivity index (χ1n) is 13.3. The van der Waals surface area contributed by atoms with E-state index in [0.29, 0.717) is 19.8 Å². The van der Waals surface area contributed by atoms with E-state index in [-0.39, 0.29) is 36.3 Å². The number of fused-ring (bicyclic) bond motifs is 1. The minimum atomic E-state index is -0.360. The van der Waals surface area contributed by atoms with E-state index in [0.717, 1.165) is 49.0 Å². The maximum absolute atomic E-state index is 12.9. The monoisotopic (exact) mass is 472 g/mol. The Bertz CT molecular complexity index is 794. The lowest BCUT2D eigenvalue weighted by molar-refractivity contribution is -0.341. The SMILES string of the molecule is Cc1ccc(COOC2COC3C(OC(=O)C4CCC(C5CCC(C)CC5)CC4)COC23)cc1. The van der Waals surface area contributed by atoms with Crippen LogP contribution in [0.5, 0.6) is 0 Å². The van der Waals surface area contributed by atoms with E-state index in [2.05, 4.69) is 26.0 Å². The Hall–Kier alpha value is -1.47. The molecule has 2 saturated heterocycles. The number of esters is 1. The Kier molecular flexibility index (Phi) is 7.89. The lowest BCUT2D eigenvalue weighted by Gasteiger charge is -2.36. The lowest BCUT2D eigenvalue weighted by Crippen LogP contribution is -2.37. The molecule has 4 fully saturated rings. The summed E-state index contributed by atoms with van der Waals surface area (Å²) in [6.07, 6.45) is 8.52. The highest BCUT2D eigenvalue weighted by molar-refractivity contribution is 5.72. The van der Waals surface area contributed by atoms with Gasteiger partial charge in [-0.25, -0.2) is 9.78 Å². The molecule has 0 aromatic heterocycles. The smallest absolute Gasteiger partial charge is 0.309 e. The van der Waals surface area contributed by atoms with Crippen LogP contribution < -0.4 is 0 Å². The number of rotatable bonds is 7. The van der Waals surface area contributed by atoms with Crippen LogP contribution >= 0.6 is 0 Å². The first kappa shape index (κ1) is 24.2. The highest BCUT2D eigenvalue weighted by Crippen LogP contribution is 2.42. The van der Waals surface area contributed by atoms with Crippen LogP contribution in [0.1, 0.15) is 69.4 Å². The van der Waals surface area contributed by atoms with Crippen molar-refractivity contribution in [2.75, 3.05) is 13.2 Å². The van der Waals surface area contributed by atoms with Gasteiger partial charge in [-0.2, -0.15) is 0 Å². The van der Waals surface area contributed by atoms with Gasteiger partial charge in [0.05, 0.1) is 19.1 Å². The van der Waals surface area contributed by atoms with Crippen molar-refractivity contribution in [2.24, 2.45) is 23.7 Å². The maximum Gasteiger partial charge on any atom is 0.309 e. The van der Waals surface area contributed by atoms with E-state index in [9.17, 15) is 4.79 Å². The molecule has 2 heterocycles. The fraction of sp³-hybridized carbons (Fsp3) is 0.750. The molecule has 188 valence electrons. The first-order valence-corrected chi connectivity index (χ1v) is 13.3. The summed E-state index contributed by atoms with van der Waals surface area (Å²) in [6, 6.07) is 8.15. The summed E-state index contributed by atoms with van der Waals surface area (Å²) in [7, 11) is 0. The van der Waals surface area contributed by atoms with Crippen molar-refractivity contribution in [3.05, 3.63) is 35.4 Å². The van der Waals surface area contributed by atoms with Gasteiger partial charge in [-0.05, 0) is 68.8 Å². The zero-order valence-corrected chi connectivity index (χ0v) is 20.7. The van der Waals surface area contributed by atoms with E-state index >= 15 is 0 Å². The van der Waals surface area contributed by atoms with E-state index in [1.807, 2.05) is 12.1 Å². The van der Waals surface area contributed by atoms with E-state index in [1.54, 1.807) is 0 Å². The normalized spacial score (nSPS) is 37.9. The molecule has 0 spiro atoms. The molecule has 2 saturated carbocycles. The predicted octanol–water partition coefficient (Wildman–Crippen LogP) is 5.15. The molecule has 4 unspecified atom stereocenters. The quantitative estimate of drug-likeness (QED) is 0.311. The number of ether oxygens (including phenoxy) is 3. The van der Waals surface area contributed by atoms with E-state index in [4.69, 9.17) is 24.0 Å². The standard InChI is InChI=1S/C28H40O6/c1-18-3-7-20(8-4-18)15-32-34-25-17-31-26-24(16-30-27(25)26)33-28(29)23-13-11-22(12-14-23)21-9-5-19(2)6-10-21/h3-4,7-8,19,21-27H,5-6,9-17H2,1-2H3. The molecule has 4 aliphatic rings. The van der Waals surface area contributed by atoms with Gasteiger partial charge in [0.15, 0.2) is 6.10 Å².